The Morgan fingerprint density at radius 2 is 1.69 bits per heavy atom. The van der Waals surface area contributed by atoms with Crippen molar-refractivity contribution >= 4 is 21.6 Å². The highest BCUT2D eigenvalue weighted by atomic mass is 32.2. The van der Waals surface area contributed by atoms with Crippen molar-refractivity contribution in [1.82, 2.24) is 4.31 Å². The Labute approximate surface area is 153 Å². The second-order valence-electron chi connectivity index (χ2n) is 5.99. The smallest absolute Gasteiger partial charge is 0.255 e. The average Bonchev–Trinajstić information content (AvgIpc) is 2.59. The third kappa shape index (κ3) is 4.11. The van der Waals surface area contributed by atoms with Crippen LogP contribution in [-0.4, -0.2) is 31.7 Å². The van der Waals surface area contributed by atoms with Gasteiger partial charge in [-0.05, 0) is 55.3 Å². The van der Waals surface area contributed by atoms with Crippen LogP contribution < -0.4 is 5.32 Å². The lowest BCUT2D eigenvalue weighted by Crippen LogP contribution is -2.31. The second kappa shape index (κ2) is 7.97. The molecule has 0 spiro atoms. The van der Waals surface area contributed by atoms with Gasteiger partial charge in [0.25, 0.3) is 5.91 Å². The Balaban J connectivity index is 2.36. The van der Waals surface area contributed by atoms with Crippen molar-refractivity contribution in [3.63, 3.8) is 0 Å². The van der Waals surface area contributed by atoms with E-state index in [4.69, 9.17) is 0 Å². The maximum absolute atomic E-state index is 14.1. The molecule has 0 aliphatic heterocycles. The molecule has 2 rings (SSSR count). The molecule has 0 saturated carbocycles. The van der Waals surface area contributed by atoms with Crippen molar-refractivity contribution in [1.29, 1.82) is 0 Å². The Hall–Kier alpha value is -2.25. The molecule has 0 aliphatic rings. The van der Waals surface area contributed by atoms with E-state index in [2.05, 4.69) is 5.32 Å². The van der Waals surface area contributed by atoms with Gasteiger partial charge in [0.15, 0.2) is 0 Å². The molecule has 26 heavy (non-hydrogen) atoms. The van der Waals surface area contributed by atoms with Gasteiger partial charge in [0.05, 0.1) is 0 Å². The highest BCUT2D eigenvalue weighted by Crippen LogP contribution is 2.22. The molecule has 0 atom stereocenters. The number of anilines is 1. The van der Waals surface area contributed by atoms with Gasteiger partial charge in [-0.3, -0.25) is 4.79 Å². The summed E-state index contributed by atoms with van der Waals surface area (Å²) in [4.78, 5) is 12.0. The molecule has 0 aromatic heterocycles. The summed E-state index contributed by atoms with van der Waals surface area (Å²) in [5, 5.41) is 2.71. The number of nitrogens with zero attached hydrogens (tertiary/aromatic N) is 1. The molecule has 0 saturated heterocycles. The summed E-state index contributed by atoms with van der Waals surface area (Å²) in [6, 6.07) is 8.82. The van der Waals surface area contributed by atoms with Crippen LogP contribution in [0.2, 0.25) is 0 Å². The Morgan fingerprint density at radius 1 is 1.04 bits per heavy atom. The average molecular weight is 378 g/mol. The number of sulfonamides is 1. The fourth-order valence-electron chi connectivity index (χ4n) is 2.57. The molecule has 5 nitrogen and oxygen atoms in total. The minimum atomic E-state index is -3.99. The zero-order valence-corrected chi connectivity index (χ0v) is 16.2. The Kier molecular flexibility index (Phi) is 6.15. The molecular weight excluding hydrogens is 355 g/mol. The van der Waals surface area contributed by atoms with Crippen molar-refractivity contribution in [3.8, 4) is 0 Å². The molecular formula is C19H23FN2O3S. The predicted molar refractivity (Wildman–Crippen MR) is 100 cm³/mol. The van der Waals surface area contributed by atoms with Crippen LogP contribution in [0.5, 0.6) is 0 Å². The summed E-state index contributed by atoms with van der Waals surface area (Å²) in [5.74, 6) is -1.37. The third-order valence-electron chi connectivity index (χ3n) is 4.28. The van der Waals surface area contributed by atoms with E-state index >= 15 is 0 Å². The normalized spacial score (nSPS) is 11.6. The zero-order chi connectivity index (χ0) is 19.5. The molecule has 0 radical (unpaired) electrons. The predicted octanol–water partition coefficient (Wildman–Crippen LogP) is 3.73. The van der Waals surface area contributed by atoms with Crippen molar-refractivity contribution in [2.45, 2.75) is 32.6 Å². The van der Waals surface area contributed by atoms with E-state index in [1.54, 1.807) is 19.9 Å². The SMILES string of the molecule is CCN(CC)S(=O)(=O)c1cc(C(=O)Nc2ccc(C)c(C)c2)ccc1F. The lowest BCUT2D eigenvalue weighted by Gasteiger charge is -2.19. The number of hydrogen-bond acceptors (Lipinski definition) is 3. The Morgan fingerprint density at radius 3 is 2.27 bits per heavy atom. The molecule has 1 N–H and O–H groups in total. The maximum atomic E-state index is 14.1. The number of carbonyl (C=O) groups excluding carboxylic acids is 1. The van der Waals surface area contributed by atoms with Gasteiger partial charge >= 0.3 is 0 Å². The summed E-state index contributed by atoms with van der Waals surface area (Å²) in [6.07, 6.45) is 0. The van der Waals surface area contributed by atoms with Gasteiger partial charge in [0.1, 0.15) is 10.7 Å². The van der Waals surface area contributed by atoms with E-state index in [9.17, 15) is 17.6 Å². The van der Waals surface area contributed by atoms with Crippen LogP contribution in [0.1, 0.15) is 35.3 Å². The summed E-state index contributed by atoms with van der Waals surface area (Å²) >= 11 is 0. The van der Waals surface area contributed by atoms with Gasteiger partial charge in [0, 0.05) is 24.3 Å². The quantitative estimate of drug-likeness (QED) is 0.833. The summed E-state index contributed by atoms with van der Waals surface area (Å²) < 4.78 is 40.5. The van der Waals surface area contributed by atoms with Gasteiger partial charge in [-0.1, -0.05) is 19.9 Å². The van der Waals surface area contributed by atoms with Crippen LogP contribution in [0.25, 0.3) is 0 Å². The first-order valence-electron chi connectivity index (χ1n) is 8.39. The highest BCUT2D eigenvalue weighted by molar-refractivity contribution is 7.89. The van der Waals surface area contributed by atoms with E-state index in [-0.39, 0.29) is 18.7 Å². The van der Waals surface area contributed by atoms with E-state index in [1.165, 1.54) is 6.07 Å². The van der Waals surface area contributed by atoms with Crippen molar-refractivity contribution in [2.75, 3.05) is 18.4 Å². The van der Waals surface area contributed by atoms with Gasteiger partial charge < -0.3 is 5.32 Å². The van der Waals surface area contributed by atoms with E-state index in [0.29, 0.717) is 5.69 Å². The van der Waals surface area contributed by atoms with Crippen LogP contribution in [0.4, 0.5) is 10.1 Å². The fourth-order valence-corrected chi connectivity index (χ4v) is 4.12. The highest BCUT2D eigenvalue weighted by Gasteiger charge is 2.26. The van der Waals surface area contributed by atoms with E-state index in [1.807, 2.05) is 26.0 Å². The number of carbonyl (C=O) groups is 1. The van der Waals surface area contributed by atoms with Crippen LogP contribution in [0, 0.1) is 19.7 Å². The van der Waals surface area contributed by atoms with Crippen LogP contribution in [0.15, 0.2) is 41.3 Å². The molecule has 0 aliphatic carbocycles. The minimum Gasteiger partial charge on any atom is -0.322 e. The molecule has 0 fully saturated rings. The topological polar surface area (TPSA) is 66.5 Å². The largest absolute Gasteiger partial charge is 0.322 e. The van der Waals surface area contributed by atoms with Crippen LogP contribution in [-0.2, 0) is 10.0 Å². The molecule has 2 aromatic carbocycles. The fraction of sp³-hybridized carbons (Fsp3) is 0.316. The van der Waals surface area contributed by atoms with Gasteiger partial charge in [-0.15, -0.1) is 0 Å². The maximum Gasteiger partial charge on any atom is 0.255 e. The minimum absolute atomic E-state index is 0.0790. The number of halogens is 1. The number of rotatable bonds is 6. The Bertz CT molecular complexity index is 922. The van der Waals surface area contributed by atoms with Crippen molar-refractivity contribution in [2.24, 2.45) is 0 Å². The number of hydrogen-bond donors (Lipinski definition) is 1. The molecule has 7 heteroatoms. The second-order valence-corrected chi connectivity index (χ2v) is 7.89. The number of amides is 1. The first kappa shape index (κ1) is 20.1. The molecule has 140 valence electrons. The number of aryl methyl sites for hydroxylation is 2. The summed E-state index contributed by atoms with van der Waals surface area (Å²) in [6.45, 7) is 7.68. The van der Waals surface area contributed by atoms with E-state index < -0.39 is 26.6 Å². The zero-order valence-electron chi connectivity index (χ0n) is 15.3. The molecule has 0 bridgehead atoms. The van der Waals surface area contributed by atoms with Gasteiger partial charge in [0.2, 0.25) is 10.0 Å². The summed E-state index contributed by atoms with van der Waals surface area (Å²) in [7, 11) is -3.99. The van der Waals surface area contributed by atoms with E-state index in [0.717, 1.165) is 27.6 Å². The standard InChI is InChI=1S/C19H23FN2O3S/c1-5-22(6-2)26(24,25)18-12-15(8-10-17(18)20)19(23)21-16-9-7-13(3)14(4)11-16/h7-12H,5-6H2,1-4H3,(H,21,23). The molecule has 0 unspecified atom stereocenters. The lowest BCUT2D eigenvalue weighted by molar-refractivity contribution is 0.102. The number of benzene rings is 2. The van der Waals surface area contributed by atoms with Crippen LogP contribution >= 0.6 is 0 Å². The third-order valence-corrected chi connectivity index (χ3v) is 6.35. The molecule has 0 heterocycles. The number of nitrogens with one attached hydrogen (secondary N) is 1. The van der Waals surface area contributed by atoms with Crippen molar-refractivity contribution in [3.05, 3.63) is 58.9 Å². The van der Waals surface area contributed by atoms with Crippen LogP contribution in [0.3, 0.4) is 0 Å². The summed E-state index contributed by atoms with van der Waals surface area (Å²) in [5.41, 5.74) is 2.79. The molecule has 2 aromatic rings. The molecule has 1 amide bonds. The van der Waals surface area contributed by atoms with Gasteiger partial charge in [-0.25, -0.2) is 12.8 Å². The van der Waals surface area contributed by atoms with Crippen molar-refractivity contribution < 1.29 is 17.6 Å². The monoisotopic (exact) mass is 378 g/mol. The van der Waals surface area contributed by atoms with Gasteiger partial charge in [-0.2, -0.15) is 4.31 Å². The first-order valence-corrected chi connectivity index (χ1v) is 9.83. The lowest BCUT2D eigenvalue weighted by atomic mass is 10.1. The first-order chi connectivity index (χ1) is 12.2.